The first kappa shape index (κ1) is 21.7. The van der Waals surface area contributed by atoms with E-state index in [-0.39, 0.29) is 32.2 Å². The Morgan fingerprint density at radius 1 is 1.24 bits per heavy atom. The van der Waals surface area contributed by atoms with Crippen LogP contribution in [-0.2, 0) is 0 Å². The summed E-state index contributed by atoms with van der Waals surface area (Å²) < 4.78 is 9.38. The second-order valence-corrected chi connectivity index (χ2v) is 8.11. The summed E-state index contributed by atoms with van der Waals surface area (Å²) in [7, 11) is 0. The predicted molar refractivity (Wildman–Crippen MR) is 123 cm³/mol. The molecule has 1 aliphatic heterocycles. The highest BCUT2D eigenvalue weighted by atomic mass is 16.5. The summed E-state index contributed by atoms with van der Waals surface area (Å²) >= 11 is 0. The van der Waals surface area contributed by atoms with Gasteiger partial charge in [0.2, 0.25) is 0 Å². The van der Waals surface area contributed by atoms with E-state index in [1.165, 1.54) is 17.5 Å². The molecule has 1 aromatic carbocycles. The fraction of sp³-hybridized carbons (Fsp3) is 0.304. The van der Waals surface area contributed by atoms with E-state index in [0.29, 0.717) is 28.7 Å². The molecule has 0 bridgehead atoms. The van der Waals surface area contributed by atoms with E-state index in [4.69, 9.17) is 4.74 Å². The number of carbonyl (C=O) groups excluding carboxylic acids is 1. The highest BCUT2D eigenvalue weighted by molar-refractivity contribution is 6.04. The third-order valence-electron chi connectivity index (χ3n) is 5.85. The number of pyridine rings is 1. The van der Waals surface area contributed by atoms with Crippen molar-refractivity contribution in [3.8, 4) is 22.8 Å². The summed E-state index contributed by atoms with van der Waals surface area (Å²) in [4.78, 5) is 21.8. The zero-order valence-electron chi connectivity index (χ0n) is 17.5. The quantitative estimate of drug-likeness (QED) is 0.464. The number of aromatic nitrogens is 7. The summed E-state index contributed by atoms with van der Waals surface area (Å²) in [6.07, 6.45) is 7.72. The smallest absolute Gasteiger partial charge is 0.274 e. The fourth-order valence-electron chi connectivity index (χ4n) is 3.92. The van der Waals surface area contributed by atoms with E-state index in [2.05, 4.69) is 30.8 Å². The Balaban J connectivity index is 0.00000241. The number of aliphatic hydroxyl groups excluding tert-OH is 1. The second kappa shape index (κ2) is 8.67. The van der Waals surface area contributed by atoms with E-state index in [1.807, 2.05) is 22.9 Å². The van der Waals surface area contributed by atoms with Gasteiger partial charge >= 0.3 is 0 Å². The minimum Gasteiger partial charge on any atom is -0.488 e. The van der Waals surface area contributed by atoms with Crippen LogP contribution in [0.4, 0.5) is 5.69 Å². The molecule has 4 heterocycles. The normalized spacial score (nSPS) is 16.4. The average molecular weight is 460 g/mol. The lowest BCUT2D eigenvalue weighted by Crippen LogP contribution is -2.21. The van der Waals surface area contributed by atoms with Gasteiger partial charge in [0.15, 0.2) is 11.6 Å². The van der Waals surface area contributed by atoms with E-state index in [9.17, 15) is 9.90 Å². The highest BCUT2D eigenvalue weighted by Crippen LogP contribution is 2.40. The number of hydrogen-bond acceptors (Lipinski definition) is 8. The zero-order chi connectivity index (χ0) is 22.4. The number of carbonyl (C=O) groups is 1. The summed E-state index contributed by atoms with van der Waals surface area (Å²) in [6.45, 7) is -0.0206. The van der Waals surface area contributed by atoms with Crippen molar-refractivity contribution in [3.63, 3.8) is 0 Å². The zero-order valence-corrected chi connectivity index (χ0v) is 17.5. The maximum atomic E-state index is 13.1. The number of anilines is 1. The first-order valence-electron chi connectivity index (χ1n) is 10.7. The maximum Gasteiger partial charge on any atom is 0.274 e. The molecule has 11 heteroatoms. The first-order chi connectivity index (χ1) is 16.2. The SMILES string of the molecule is C.O=C(Nc1cccc2c1OC[C@@H](CO)n1nnnc1-2)c1cc(-n2cnc(C3CC3)c2)ccn1. The Morgan fingerprint density at radius 3 is 2.94 bits per heavy atom. The van der Waals surface area contributed by atoms with Crippen LogP contribution < -0.4 is 10.1 Å². The molecule has 174 valence electrons. The van der Waals surface area contributed by atoms with E-state index < -0.39 is 6.04 Å². The first-order valence-corrected chi connectivity index (χ1v) is 10.7. The molecule has 2 aliphatic rings. The van der Waals surface area contributed by atoms with Gasteiger partial charge in [-0.3, -0.25) is 9.78 Å². The molecule has 6 rings (SSSR count). The Bertz CT molecular complexity index is 1340. The van der Waals surface area contributed by atoms with E-state index >= 15 is 0 Å². The van der Waals surface area contributed by atoms with Crippen molar-refractivity contribution < 1.29 is 14.6 Å². The number of amides is 1. The molecule has 34 heavy (non-hydrogen) atoms. The molecule has 0 saturated heterocycles. The minimum absolute atomic E-state index is 0. The van der Waals surface area contributed by atoms with Crippen LogP contribution >= 0.6 is 0 Å². The largest absolute Gasteiger partial charge is 0.488 e. The molecule has 0 unspecified atom stereocenters. The predicted octanol–water partition coefficient (Wildman–Crippen LogP) is 2.61. The van der Waals surface area contributed by atoms with Crippen LogP contribution in [0.2, 0.25) is 0 Å². The third-order valence-corrected chi connectivity index (χ3v) is 5.85. The van der Waals surface area contributed by atoms with Gasteiger partial charge in [-0.15, -0.1) is 5.10 Å². The molecule has 1 aliphatic carbocycles. The van der Waals surface area contributed by atoms with E-state index in [1.54, 1.807) is 30.7 Å². The molecule has 3 aromatic heterocycles. The fourth-order valence-corrected chi connectivity index (χ4v) is 3.92. The number of hydrogen-bond donors (Lipinski definition) is 2. The Hall–Kier alpha value is -4.12. The molecule has 0 radical (unpaired) electrons. The van der Waals surface area contributed by atoms with Crippen LogP contribution in [0, 0.1) is 0 Å². The third kappa shape index (κ3) is 3.79. The van der Waals surface area contributed by atoms with Gasteiger partial charge in [0.1, 0.15) is 18.3 Å². The molecule has 11 nitrogen and oxygen atoms in total. The van der Waals surface area contributed by atoms with Crippen LogP contribution in [0.5, 0.6) is 5.75 Å². The van der Waals surface area contributed by atoms with Crippen molar-refractivity contribution in [2.24, 2.45) is 0 Å². The summed E-state index contributed by atoms with van der Waals surface area (Å²) in [5.74, 6) is 1.08. The van der Waals surface area contributed by atoms with Gasteiger partial charge in [0.05, 0.1) is 35.6 Å². The second-order valence-electron chi connectivity index (χ2n) is 8.11. The maximum absolute atomic E-state index is 13.1. The van der Waals surface area contributed by atoms with Crippen LogP contribution in [0.15, 0.2) is 49.1 Å². The Labute approximate surface area is 195 Å². The number of ether oxygens (including phenoxy) is 1. The van der Waals surface area contributed by atoms with Crippen molar-refractivity contribution in [1.29, 1.82) is 0 Å². The number of para-hydroxylation sites is 1. The number of rotatable bonds is 5. The van der Waals surface area contributed by atoms with E-state index in [0.717, 1.165) is 11.4 Å². The lowest BCUT2D eigenvalue weighted by Gasteiger charge is -2.14. The Morgan fingerprint density at radius 2 is 2.12 bits per heavy atom. The number of fused-ring (bicyclic) bond motifs is 3. The van der Waals surface area contributed by atoms with Gasteiger partial charge in [0.25, 0.3) is 5.91 Å². The van der Waals surface area contributed by atoms with Gasteiger partial charge in [-0.1, -0.05) is 13.5 Å². The molecular formula is C23H24N8O3. The molecular weight excluding hydrogens is 436 g/mol. The number of nitrogens with zero attached hydrogens (tertiary/aromatic N) is 7. The summed E-state index contributed by atoms with van der Waals surface area (Å²) in [6, 6.07) is 8.46. The lowest BCUT2D eigenvalue weighted by molar-refractivity contribution is 0.102. The standard InChI is InChI=1S/C22H20N8O3.CH4/c31-10-15-11-33-20-16(21-26-27-28-30(15)21)2-1-3-17(20)25-22(32)18-8-14(6-7-23-18)29-9-19(24-12-29)13-4-5-13;/h1-3,6-9,12-13,15,31H,4-5,10-11H2,(H,25,32);1H4/t15-;/m1./s1. The summed E-state index contributed by atoms with van der Waals surface area (Å²) in [5.41, 5.74) is 3.24. The topological polar surface area (TPSA) is 133 Å². The van der Waals surface area contributed by atoms with Gasteiger partial charge in [-0.05, 0) is 47.5 Å². The molecule has 4 aromatic rings. The minimum atomic E-state index is -0.431. The van der Waals surface area contributed by atoms with Gasteiger partial charge < -0.3 is 19.7 Å². The van der Waals surface area contributed by atoms with Crippen LogP contribution in [-0.4, -0.2) is 59.0 Å². The van der Waals surface area contributed by atoms with Crippen molar-refractivity contribution in [2.45, 2.75) is 32.2 Å². The van der Waals surface area contributed by atoms with Crippen molar-refractivity contribution in [1.82, 2.24) is 34.7 Å². The van der Waals surface area contributed by atoms with Gasteiger partial charge in [-0.25, -0.2) is 9.67 Å². The lowest BCUT2D eigenvalue weighted by atomic mass is 10.1. The van der Waals surface area contributed by atoms with Crippen LogP contribution in [0.1, 0.15) is 48.4 Å². The molecule has 1 amide bonds. The molecule has 2 N–H and O–H groups in total. The number of tetrazole rings is 1. The molecule has 0 spiro atoms. The van der Waals surface area contributed by atoms with Crippen molar-refractivity contribution >= 4 is 11.6 Å². The average Bonchev–Trinajstić information content (AvgIpc) is 3.42. The number of imidazole rings is 1. The highest BCUT2D eigenvalue weighted by Gasteiger charge is 2.28. The monoisotopic (exact) mass is 460 g/mol. The van der Waals surface area contributed by atoms with Crippen molar-refractivity contribution in [2.75, 3.05) is 18.5 Å². The molecule has 1 atom stereocenters. The number of benzene rings is 1. The van der Waals surface area contributed by atoms with Crippen LogP contribution in [0.3, 0.4) is 0 Å². The van der Waals surface area contributed by atoms with Crippen LogP contribution in [0.25, 0.3) is 17.1 Å². The Kier molecular flexibility index (Phi) is 5.54. The van der Waals surface area contributed by atoms with Gasteiger partial charge in [-0.2, -0.15) is 0 Å². The number of nitrogens with one attached hydrogen (secondary N) is 1. The summed E-state index contributed by atoms with van der Waals surface area (Å²) in [5, 5.41) is 24.4. The van der Waals surface area contributed by atoms with Gasteiger partial charge in [0, 0.05) is 18.3 Å². The van der Waals surface area contributed by atoms with Crippen molar-refractivity contribution in [3.05, 3.63) is 60.4 Å². The number of aliphatic hydroxyl groups is 1. The molecule has 1 fully saturated rings. The molecule has 1 saturated carbocycles.